The molecule has 1 rings (SSSR count). The first kappa shape index (κ1) is 10.5. The van der Waals surface area contributed by atoms with Crippen molar-refractivity contribution in [2.45, 2.75) is 13.8 Å². The van der Waals surface area contributed by atoms with Crippen LogP contribution in [0, 0.1) is 5.82 Å². The van der Waals surface area contributed by atoms with Gasteiger partial charge in [-0.25, -0.2) is 4.39 Å². The van der Waals surface area contributed by atoms with E-state index in [4.69, 9.17) is 9.84 Å². The largest absolute Gasteiger partial charge is 0.505 e. The van der Waals surface area contributed by atoms with E-state index in [2.05, 4.69) is 0 Å². The maximum absolute atomic E-state index is 13.1. The molecule has 0 atom stereocenters. The molecule has 0 heterocycles. The molecule has 0 spiro atoms. The third-order valence-electron chi connectivity index (χ3n) is 1.72. The van der Waals surface area contributed by atoms with Gasteiger partial charge in [0.15, 0.2) is 17.3 Å². The Hall–Kier alpha value is -1.58. The Morgan fingerprint density at radius 2 is 2.21 bits per heavy atom. The smallest absolute Gasteiger partial charge is 0.175 e. The first-order valence-corrected chi connectivity index (χ1v) is 4.22. The van der Waals surface area contributed by atoms with Gasteiger partial charge in [0.25, 0.3) is 0 Å². The van der Waals surface area contributed by atoms with Crippen LogP contribution >= 0.6 is 0 Å². The van der Waals surface area contributed by atoms with Crippen LogP contribution in [0.2, 0.25) is 0 Å². The molecule has 0 fully saturated rings. The zero-order chi connectivity index (χ0) is 10.7. The van der Waals surface area contributed by atoms with Gasteiger partial charge in [-0.3, -0.25) is 4.79 Å². The Morgan fingerprint density at radius 1 is 1.57 bits per heavy atom. The molecule has 0 amide bonds. The van der Waals surface area contributed by atoms with Crippen LogP contribution in [0.15, 0.2) is 12.1 Å². The predicted octanol–water partition coefficient (Wildman–Crippen LogP) is 2.13. The summed E-state index contributed by atoms with van der Waals surface area (Å²) in [5, 5.41) is 9.15. The molecule has 1 aromatic rings. The van der Waals surface area contributed by atoms with E-state index in [1.165, 1.54) is 13.0 Å². The minimum Gasteiger partial charge on any atom is -0.505 e. The summed E-state index contributed by atoms with van der Waals surface area (Å²) in [4.78, 5) is 11.0. The molecule has 0 aliphatic carbocycles. The van der Waals surface area contributed by atoms with Crippen molar-refractivity contribution in [3.05, 3.63) is 23.5 Å². The standard InChI is InChI=1S/C10H11FO3/c1-3-14-7-4-8(6(2)12)10(11)9(13)5-7/h4-5,13H,3H2,1-2H3. The molecule has 0 aromatic heterocycles. The van der Waals surface area contributed by atoms with Crippen LogP contribution < -0.4 is 4.74 Å². The van der Waals surface area contributed by atoms with E-state index in [0.717, 1.165) is 6.07 Å². The molecule has 0 unspecified atom stereocenters. The second kappa shape index (κ2) is 4.09. The highest BCUT2D eigenvalue weighted by molar-refractivity contribution is 5.95. The molecule has 0 saturated heterocycles. The molecule has 1 N–H and O–H groups in total. The maximum atomic E-state index is 13.1. The fraction of sp³-hybridized carbons (Fsp3) is 0.300. The average molecular weight is 198 g/mol. The van der Waals surface area contributed by atoms with Crippen LogP contribution in [0.1, 0.15) is 24.2 Å². The van der Waals surface area contributed by atoms with Crippen molar-refractivity contribution in [2.75, 3.05) is 6.61 Å². The van der Waals surface area contributed by atoms with Gasteiger partial charge in [0, 0.05) is 6.07 Å². The topological polar surface area (TPSA) is 46.5 Å². The molecule has 0 saturated carbocycles. The molecule has 4 heteroatoms. The Bertz CT molecular complexity index is 361. The van der Waals surface area contributed by atoms with E-state index in [1.54, 1.807) is 6.92 Å². The second-order valence-corrected chi connectivity index (χ2v) is 2.79. The van der Waals surface area contributed by atoms with Gasteiger partial charge in [0.05, 0.1) is 12.2 Å². The summed E-state index contributed by atoms with van der Waals surface area (Å²) in [6, 6.07) is 2.42. The molecule has 3 nitrogen and oxygen atoms in total. The number of hydrogen-bond donors (Lipinski definition) is 1. The van der Waals surface area contributed by atoms with Crippen LogP contribution in [0.4, 0.5) is 4.39 Å². The second-order valence-electron chi connectivity index (χ2n) is 2.79. The number of benzene rings is 1. The van der Waals surface area contributed by atoms with Crippen molar-refractivity contribution in [2.24, 2.45) is 0 Å². The Labute approximate surface area is 81.1 Å². The Balaban J connectivity index is 3.21. The van der Waals surface area contributed by atoms with E-state index in [-0.39, 0.29) is 11.3 Å². The number of carbonyl (C=O) groups excluding carboxylic acids is 1. The maximum Gasteiger partial charge on any atom is 0.175 e. The third-order valence-corrected chi connectivity index (χ3v) is 1.72. The van der Waals surface area contributed by atoms with Crippen molar-refractivity contribution >= 4 is 5.78 Å². The monoisotopic (exact) mass is 198 g/mol. The number of aromatic hydroxyl groups is 1. The summed E-state index contributed by atoms with van der Waals surface area (Å²) in [7, 11) is 0. The SMILES string of the molecule is CCOc1cc(O)c(F)c(C(C)=O)c1. The summed E-state index contributed by atoms with van der Waals surface area (Å²) >= 11 is 0. The fourth-order valence-corrected chi connectivity index (χ4v) is 1.09. The normalized spacial score (nSPS) is 9.93. The highest BCUT2D eigenvalue weighted by atomic mass is 19.1. The number of rotatable bonds is 3. The third kappa shape index (κ3) is 2.02. The lowest BCUT2D eigenvalue weighted by molar-refractivity contribution is 0.101. The molecular formula is C10H11FO3. The zero-order valence-corrected chi connectivity index (χ0v) is 8.00. The molecule has 0 bridgehead atoms. The van der Waals surface area contributed by atoms with Gasteiger partial charge in [-0.15, -0.1) is 0 Å². The lowest BCUT2D eigenvalue weighted by Gasteiger charge is -2.06. The van der Waals surface area contributed by atoms with Crippen molar-refractivity contribution in [1.82, 2.24) is 0 Å². The first-order chi connectivity index (χ1) is 6.56. The van der Waals surface area contributed by atoms with Gasteiger partial charge < -0.3 is 9.84 Å². The molecule has 14 heavy (non-hydrogen) atoms. The van der Waals surface area contributed by atoms with E-state index in [0.29, 0.717) is 6.61 Å². The number of carbonyl (C=O) groups is 1. The van der Waals surface area contributed by atoms with Gasteiger partial charge in [-0.05, 0) is 19.9 Å². The number of phenols is 1. The quantitative estimate of drug-likeness (QED) is 0.757. The molecular weight excluding hydrogens is 187 g/mol. The van der Waals surface area contributed by atoms with E-state index >= 15 is 0 Å². The first-order valence-electron chi connectivity index (χ1n) is 4.22. The molecule has 0 radical (unpaired) electrons. The van der Waals surface area contributed by atoms with Crippen LogP contribution in [0.3, 0.4) is 0 Å². The van der Waals surface area contributed by atoms with E-state index in [1.807, 2.05) is 0 Å². The number of ether oxygens (including phenoxy) is 1. The van der Waals surface area contributed by atoms with Gasteiger partial charge in [-0.1, -0.05) is 0 Å². The fourth-order valence-electron chi connectivity index (χ4n) is 1.09. The van der Waals surface area contributed by atoms with E-state index < -0.39 is 17.3 Å². The molecule has 76 valence electrons. The summed E-state index contributed by atoms with van der Waals surface area (Å²) in [6.07, 6.45) is 0. The van der Waals surface area contributed by atoms with Crippen LogP contribution in [0.25, 0.3) is 0 Å². The van der Waals surface area contributed by atoms with Crippen LogP contribution in [-0.2, 0) is 0 Å². The van der Waals surface area contributed by atoms with Crippen molar-refractivity contribution in [3.63, 3.8) is 0 Å². The minimum atomic E-state index is -0.902. The average Bonchev–Trinajstić information content (AvgIpc) is 2.11. The predicted molar refractivity (Wildman–Crippen MR) is 49.2 cm³/mol. The highest BCUT2D eigenvalue weighted by Crippen LogP contribution is 2.26. The van der Waals surface area contributed by atoms with Gasteiger partial charge in [0.1, 0.15) is 5.75 Å². The lowest BCUT2D eigenvalue weighted by atomic mass is 10.1. The molecule has 0 aliphatic heterocycles. The molecule has 1 aromatic carbocycles. The Morgan fingerprint density at radius 3 is 2.71 bits per heavy atom. The number of phenolic OH excluding ortho intramolecular Hbond substituents is 1. The van der Waals surface area contributed by atoms with Crippen molar-refractivity contribution in [3.8, 4) is 11.5 Å². The number of ketones is 1. The summed E-state index contributed by atoms with van der Waals surface area (Å²) in [6.45, 7) is 3.38. The number of Topliss-reactive ketones (excluding diaryl/α,β-unsaturated/α-hetero) is 1. The van der Waals surface area contributed by atoms with Gasteiger partial charge in [0.2, 0.25) is 0 Å². The zero-order valence-electron chi connectivity index (χ0n) is 8.00. The molecule has 0 aliphatic rings. The van der Waals surface area contributed by atoms with E-state index in [9.17, 15) is 9.18 Å². The summed E-state index contributed by atoms with van der Waals surface area (Å²) in [5.74, 6) is -1.63. The van der Waals surface area contributed by atoms with Gasteiger partial charge >= 0.3 is 0 Å². The Kier molecular flexibility index (Phi) is 3.06. The number of halogens is 1. The van der Waals surface area contributed by atoms with Crippen LogP contribution in [0.5, 0.6) is 11.5 Å². The van der Waals surface area contributed by atoms with Crippen molar-refractivity contribution in [1.29, 1.82) is 0 Å². The number of hydrogen-bond acceptors (Lipinski definition) is 3. The highest BCUT2D eigenvalue weighted by Gasteiger charge is 2.13. The van der Waals surface area contributed by atoms with Gasteiger partial charge in [-0.2, -0.15) is 0 Å². The van der Waals surface area contributed by atoms with Crippen LogP contribution in [-0.4, -0.2) is 17.5 Å². The summed E-state index contributed by atoms with van der Waals surface area (Å²) in [5.41, 5.74) is -0.159. The van der Waals surface area contributed by atoms with Crippen molar-refractivity contribution < 1.29 is 19.0 Å². The lowest BCUT2D eigenvalue weighted by Crippen LogP contribution is -2.00. The summed E-state index contributed by atoms with van der Waals surface area (Å²) < 4.78 is 18.2. The minimum absolute atomic E-state index is 0.159.